The number of thiazole rings is 1. The van der Waals surface area contributed by atoms with Crippen molar-refractivity contribution in [1.82, 2.24) is 4.98 Å². The number of rotatable bonds is 3. The molecule has 0 saturated heterocycles. The fourth-order valence-corrected chi connectivity index (χ4v) is 3.33. The van der Waals surface area contributed by atoms with Crippen LogP contribution < -0.4 is 14.8 Å². The summed E-state index contributed by atoms with van der Waals surface area (Å²) in [7, 11) is 0. The summed E-state index contributed by atoms with van der Waals surface area (Å²) in [5, 5.41) is 0.732. The van der Waals surface area contributed by atoms with Crippen LogP contribution in [0.5, 0.6) is 0 Å². The van der Waals surface area contributed by atoms with E-state index in [2.05, 4.69) is 4.98 Å². The molecule has 3 aromatic rings. The number of hydrogen-bond donors (Lipinski definition) is 1. The first-order chi connectivity index (χ1) is 11.9. The fourth-order valence-electron chi connectivity index (χ4n) is 2.12. The standard InChI is InChI=1S/C18H10Cl2FNO2S/c19-11-6-4-10(5-7-11)15(23)9-17-22-18(24)16(25-17)8-12-13(20)2-1-3-14(12)21/h1-9H,(H,22,24)/b16-8-,17-9-. The zero-order valence-electron chi connectivity index (χ0n) is 12.6. The van der Waals surface area contributed by atoms with E-state index in [1.165, 1.54) is 30.4 Å². The third-order valence-corrected chi connectivity index (χ3v) is 4.89. The van der Waals surface area contributed by atoms with Crippen LogP contribution in [0.25, 0.3) is 12.2 Å². The van der Waals surface area contributed by atoms with Gasteiger partial charge in [-0.1, -0.05) is 29.3 Å². The molecule has 0 fully saturated rings. The second-order valence-electron chi connectivity index (χ2n) is 5.08. The summed E-state index contributed by atoms with van der Waals surface area (Å²) in [4.78, 5) is 26.8. The van der Waals surface area contributed by atoms with Crippen molar-refractivity contribution < 1.29 is 9.18 Å². The second kappa shape index (κ2) is 7.35. The van der Waals surface area contributed by atoms with Gasteiger partial charge in [-0.15, -0.1) is 11.3 Å². The van der Waals surface area contributed by atoms with Gasteiger partial charge in [0, 0.05) is 22.2 Å². The van der Waals surface area contributed by atoms with Crippen molar-refractivity contribution in [2.75, 3.05) is 0 Å². The maximum absolute atomic E-state index is 13.8. The number of Topliss-reactive ketones (excluding diaryl/α,β-unsaturated/α-hetero) is 1. The molecule has 3 rings (SSSR count). The number of benzene rings is 2. The molecule has 25 heavy (non-hydrogen) atoms. The van der Waals surface area contributed by atoms with E-state index in [1.54, 1.807) is 24.3 Å². The van der Waals surface area contributed by atoms with Crippen LogP contribution in [-0.2, 0) is 0 Å². The first-order valence-electron chi connectivity index (χ1n) is 7.10. The summed E-state index contributed by atoms with van der Waals surface area (Å²) in [6.45, 7) is 0. The van der Waals surface area contributed by atoms with Crippen LogP contribution in [0.1, 0.15) is 15.9 Å². The summed E-state index contributed by atoms with van der Waals surface area (Å²) >= 11 is 12.8. The number of nitrogens with one attached hydrogen (secondary N) is 1. The zero-order chi connectivity index (χ0) is 18.0. The Morgan fingerprint density at radius 1 is 1.12 bits per heavy atom. The van der Waals surface area contributed by atoms with Crippen LogP contribution in [0.2, 0.25) is 10.0 Å². The number of H-pyrrole nitrogens is 1. The Labute approximate surface area is 155 Å². The van der Waals surface area contributed by atoms with Crippen molar-refractivity contribution in [2.45, 2.75) is 0 Å². The lowest BCUT2D eigenvalue weighted by molar-refractivity contribution is 0.106. The van der Waals surface area contributed by atoms with E-state index in [1.807, 2.05) is 0 Å². The third kappa shape index (κ3) is 4.07. The molecule has 0 unspecified atom stereocenters. The van der Waals surface area contributed by atoms with Gasteiger partial charge in [0.05, 0.1) is 14.2 Å². The molecule has 0 aliphatic carbocycles. The van der Waals surface area contributed by atoms with Crippen molar-refractivity contribution in [3.05, 3.63) is 89.0 Å². The van der Waals surface area contributed by atoms with Gasteiger partial charge in [-0.3, -0.25) is 9.59 Å². The summed E-state index contributed by atoms with van der Waals surface area (Å²) in [6.07, 6.45) is 2.68. The Hall–Kier alpha value is -2.21. The van der Waals surface area contributed by atoms with Gasteiger partial charge in [0.25, 0.3) is 5.56 Å². The molecule has 0 radical (unpaired) electrons. The minimum atomic E-state index is -0.525. The van der Waals surface area contributed by atoms with E-state index in [-0.39, 0.29) is 20.9 Å². The third-order valence-electron chi connectivity index (χ3n) is 3.35. The molecule has 0 bridgehead atoms. The normalized spacial score (nSPS) is 12.6. The quantitative estimate of drug-likeness (QED) is 0.693. The van der Waals surface area contributed by atoms with E-state index >= 15 is 0 Å². The van der Waals surface area contributed by atoms with Gasteiger partial charge in [0.15, 0.2) is 5.78 Å². The van der Waals surface area contributed by atoms with Gasteiger partial charge < -0.3 is 4.98 Å². The van der Waals surface area contributed by atoms with E-state index in [0.717, 1.165) is 11.3 Å². The topological polar surface area (TPSA) is 49.9 Å². The number of carbonyl (C=O) groups excluding carboxylic acids is 1. The van der Waals surface area contributed by atoms with Crippen molar-refractivity contribution in [3.63, 3.8) is 0 Å². The SMILES string of the molecule is O=C(/C=c1/[nH]c(=O)/c(=C/c2c(F)cccc2Cl)s1)c1ccc(Cl)cc1. The molecule has 1 aromatic heterocycles. The van der Waals surface area contributed by atoms with Gasteiger partial charge in [-0.25, -0.2) is 4.39 Å². The van der Waals surface area contributed by atoms with Crippen molar-refractivity contribution in [1.29, 1.82) is 0 Å². The molecule has 0 aliphatic rings. The van der Waals surface area contributed by atoms with Crippen molar-refractivity contribution >= 4 is 52.5 Å². The Bertz CT molecular complexity index is 1100. The lowest BCUT2D eigenvalue weighted by Crippen LogP contribution is -2.20. The number of aromatic nitrogens is 1. The Morgan fingerprint density at radius 2 is 1.84 bits per heavy atom. The number of halogens is 3. The van der Waals surface area contributed by atoms with E-state index in [0.29, 0.717) is 15.2 Å². The van der Waals surface area contributed by atoms with Crippen LogP contribution in [0, 0.1) is 5.82 Å². The number of ketones is 1. The molecule has 1 heterocycles. The molecule has 0 atom stereocenters. The Kier molecular flexibility index (Phi) is 5.18. The minimum Gasteiger partial charge on any atom is -0.313 e. The summed E-state index contributed by atoms with van der Waals surface area (Å²) in [6, 6.07) is 10.7. The van der Waals surface area contributed by atoms with Crippen LogP contribution >= 0.6 is 34.5 Å². The minimum absolute atomic E-state index is 0.132. The molecule has 126 valence electrons. The number of aromatic amines is 1. The molecule has 1 N–H and O–H groups in total. The monoisotopic (exact) mass is 393 g/mol. The van der Waals surface area contributed by atoms with Gasteiger partial charge in [0.1, 0.15) is 5.82 Å². The maximum atomic E-state index is 13.8. The van der Waals surface area contributed by atoms with Crippen LogP contribution in [0.3, 0.4) is 0 Å². The molecular formula is C18H10Cl2FNO2S. The van der Waals surface area contributed by atoms with Gasteiger partial charge >= 0.3 is 0 Å². The van der Waals surface area contributed by atoms with Crippen molar-refractivity contribution in [2.24, 2.45) is 0 Å². The number of hydrogen-bond acceptors (Lipinski definition) is 3. The van der Waals surface area contributed by atoms with Gasteiger partial charge in [0.2, 0.25) is 0 Å². The van der Waals surface area contributed by atoms with E-state index < -0.39 is 11.4 Å². The molecule has 0 spiro atoms. The smallest absolute Gasteiger partial charge is 0.266 e. The highest BCUT2D eigenvalue weighted by Crippen LogP contribution is 2.19. The Morgan fingerprint density at radius 3 is 2.52 bits per heavy atom. The molecule has 7 heteroatoms. The first kappa shape index (κ1) is 17.6. The second-order valence-corrected chi connectivity index (χ2v) is 7.01. The molecule has 0 amide bonds. The van der Waals surface area contributed by atoms with Gasteiger partial charge in [-0.05, 0) is 42.5 Å². The first-order valence-corrected chi connectivity index (χ1v) is 8.68. The maximum Gasteiger partial charge on any atom is 0.266 e. The molecule has 0 saturated carbocycles. The largest absolute Gasteiger partial charge is 0.313 e. The molecular weight excluding hydrogens is 384 g/mol. The van der Waals surface area contributed by atoms with Crippen molar-refractivity contribution in [3.8, 4) is 0 Å². The van der Waals surface area contributed by atoms with Crippen LogP contribution in [-0.4, -0.2) is 10.8 Å². The zero-order valence-corrected chi connectivity index (χ0v) is 14.9. The number of carbonyl (C=O) groups is 1. The fraction of sp³-hybridized carbons (Fsp3) is 0. The van der Waals surface area contributed by atoms with Crippen LogP contribution in [0.4, 0.5) is 4.39 Å². The average molecular weight is 394 g/mol. The molecule has 2 aromatic carbocycles. The molecule has 3 nitrogen and oxygen atoms in total. The lowest BCUT2D eigenvalue weighted by atomic mass is 10.1. The van der Waals surface area contributed by atoms with Crippen LogP contribution in [0.15, 0.2) is 47.3 Å². The highest BCUT2D eigenvalue weighted by atomic mass is 35.5. The lowest BCUT2D eigenvalue weighted by Gasteiger charge is -1.97. The predicted octanol–water partition coefficient (Wildman–Crippen LogP) is 3.37. The van der Waals surface area contributed by atoms with E-state index in [9.17, 15) is 14.0 Å². The predicted molar refractivity (Wildman–Crippen MR) is 99.4 cm³/mol. The Balaban J connectivity index is 2.03. The average Bonchev–Trinajstić information content (AvgIpc) is 2.91. The van der Waals surface area contributed by atoms with Gasteiger partial charge in [-0.2, -0.15) is 0 Å². The summed E-state index contributed by atoms with van der Waals surface area (Å²) in [5.74, 6) is -0.798. The van der Waals surface area contributed by atoms with E-state index in [4.69, 9.17) is 23.2 Å². The highest BCUT2D eigenvalue weighted by Gasteiger charge is 2.06. The molecule has 0 aliphatic heterocycles. The summed E-state index contributed by atoms with van der Waals surface area (Å²) in [5.41, 5.74) is 0.160. The summed E-state index contributed by atoms with van der Waals surface area (Å²) < 4.78 is 14.5. The highest BCUT2D eigenvalue weighted by molar-refractivity contribution is 7.07.